The van der Waals surface area contributed by atoms with Crippen LogP contribution in [0.2, 0.25) is 0 Å². The van der Waals surface area contributed by atoms with E-state index in [9.17, 15) is 4.79 Å². The summed E-state index contributed by atoms with van der Waals surface area (Å²) in [6.07, 6.45) is 2.21. The number of rotatable bonds is 4. The van der Waals surface area contributed by atoms with Gasteiger partial charge in [0.25, 0.3) is 0 Å². The molecule has 0 saturated carbocycles. The van der Waals surface area contributed by atoms with Crippen molar-refractivity contribution in [3.8, 4) is 0 Å². The van der Waals surface area contributed by atoms with Crippen LogP contribution in [0.1, 0.15) is 12.0 Å². The number of allylic oxidation sites excluding steroid dienone is 1. The van der Waals surface area contributed by atoms with Gasteiger partial charge < -0.3 is 0 Å². The van der Waals surface area contributed by atoms with Gasteiger partial charge in [-0.05, 0) is 12.0 Å². The van der Waals surface area contributed by atoms with Gasteiger partial charge in [-0.1, -0.05) is 42.5 Å². The monoisotopic (exact) mass is 222 g/mol. The van der Waals surface area contributed by atoms with E-state index in [4.69, 9.17) is 12.2 Å². The first kappa shape index (κ1) is 11.2. The molecule has 0 aliphatic heterocycles. The number of thiocarbonyl (C=S) groups is 1. The summed E-state index contributed by atoms with van der Waals surface area (Å²) in [4.78, 5) is 9.90. The molecule has 0 bridgehead atoms. The van der Waals surface area contributed by atoms with Crippen LogP contribution in [0.5, 0.6) is 0 Å². The number of hydrogen-bond donors (Lipinski definition) is 0. The zero-order valence-corrected chi connectivity index (χ0v) is 9.24. The second-order valence-corrected chi connectivity index (χ2v) is 4.38. The lowest BCUT2D eigenvalue weighted by Crippen LogP contribution is -1.92. The van der Waals surface area contributed by atoms with Gasteiger partial charge in [0.15, 0.2) is 0 Å². The highest BCUT2D eigenvalue weighted by atomic mass is 32.2. The van der Waals surface area contributed by atoms with E-state index in [2.05, 4.69) is 0 Å². The lowest BCUT2D eigenvalue weighted by Gasteiger charge is -2.00. The van der Waals surface area contributed by atoms with Crippen molar-refractivity contribution in [1.82, 2.24) is 0 Å². The van der Waals surface area contributed by atoms with Gasteiger partial charge in [0, 0.05) is 11.8 Å². The molecule has 0 atom stereocenters. The Hall–Kier alpha value is -0.890. The summed E-state index contributed by atoms with van der Waals surface area (Å²) in [6.45, 7) is 0. The van der Waals surface area contributed by atoms with Crippen LogP contribution in [0.4, 0.5) is 0 Å². The molecule has 0 spiro atoms. The molecule has 0 aromatic heterocycles. The Morgan fingerprint density at radius 1 is 1.43 bits per heavy atom. The maximum Gasteiger partial charge on any atom is 0.120 e. The lowest BCUT2D eigenvalue weighted by molar-refractivity contribution is 0.568. The molecule has 72 valence electrons. The van der Waals surface area contributed by atoms with E-state index in [1.165, 1.54) is 6.08 Å². The molecule has 3 heteroatoms. The van der Waals surface area contributed by atoms with Gasteiger partial charge in [-0.3, -0.25) is 0 Å². The topological polar surface area (TPSA) is 17.1 Å². The summed E-state index contributed by atoms with van der Waals surface area (Å²) in [5.74, 6) is 2.59. The molecule has 0 radical (unpaired) electrons. The number of hydrogen-bond acceptors (Lipinski definition) is 3. The van der Waals surface area contributed by atoms with Crippen molar-refractivity contribution >= 4 is 34.1 Å². The highest BCUT2D eigenvalue weighted by Crippen LogP contribution is 2.14. The van der Waals surface area contributed by atoms with E-state index >= 15 is 0 Å². The molecule has 1 rings (SSSR count). The Morgan fingerprint density at radius 3 is 2.79 bits per heavy atom. The molecular weight excluding hydrogens is 212 g/mol. The van der Waals surface area contributed by atoms with Crippen molar-refractivity contribution in [2.75, 3.05) is 5.75 Å². The average Bonchev–Trinajstić information content (AvgIpc) is 2.25. The molecule has 0 saturated heterocycles. The Kier molecular flexibility index (Phi) is 5.23. The maximum absolute atomic E-state index is 9.90. The largest absolute Gasteiger partial charge is 0.234 e. The predicted octanol–water partition coefficient (Wildman–Crippen LogP) is 2.87. The molecule has 0 aliphatic carbocycles. The SMILES string of the molecule is O=C=CCCSC(=S)c1ccccc1. The molecule has 0 N–H and O–H groups in total. The molecule has 1 aromatic rings. The summed E-state index contributed by atoms with van der Waals surface area (Å²) >= 11 is 6.81. The minimum absolute atomic E-state index is 0.723. The van der Waals surface area contributed by atoms with Gasteiger partial charge in [-0.15, -0.1) is 11.8 Å². The van der Waals surface area contributed by atoms with E-state index in [0.29, 0.717) is 0 Å². The van der Waals surface area contributed by atoms with Crippen LogP contribution < -0.4 is 0 Å². The molecule has 0 aliphatic rings. The summed E-state index contributed by atoms with van der Waals surface area (Å²) in [7, 11) is 0. The Morgan fingerprint density at radius 2 is 2.14 bits per heavy atom. The van der Waals surface area contributed by atoms with Crippen LogP contribution >= 0.6 is 24.0 Å². The van der Waals surface area contributed by atoms with Crippen LogP contribution in [0, 0.1) is 0 Å². The second-order valence-electron chi connectivity index (χ2n) is 2.61. The zero-order valence-electron chi connectivity index (χ0n) is 7.60. The Bertz CT molecular complexity index is 340. The first-order valence-corrected chi connectivity index (χ1v) is 5.65. The molecular formula is C11H10OS2. The van der Waals surface area contributed by atoms with Crippen LogP contribution in [0.15, 0.2) is 36.4 Å². The van der Waals surface area contributed by atoms with Crippen molar-refractivity contribution in [3.05, 3.63) is 42.0 Å². The fraction of sp³-hybridized carbons (Fsp3) is 0.182. The molecule has 1 nitrogen and oxygen atoms in total. The smallest absolute Gasteiger partial charge is 0.120 e. The molecule has 0 amide bonds. The van der Waals surface area contributed by atoms with Gasteiger partial charge in [0.2, 0.25) is 0 Å². The van der Waals surface area contributed by atoms with Gasteiger partial charge in [-0.2, -0.15) is 0 Å². The van der Waals surface area contributed by atoms with Crippen molar-refractivity contribution in [3.63, 3.8) is 0 Å². The summed E-state index contributed by atoms with van der Waals surface area (Å²) < 4.78 is 0.880. The quantitative estimate of drug-likeness (QED) is 0.443. The summed E-state index contributed by atoms with van der Waals surface area (Å²) in [6, 6.07) is 9.88. The number of carbonyl (C=O) groups excluding carboxylic acids is 1. The van der Waals surface area contributed by atoms with Crippen molar-refractivity contribution in [2.45, 2.75) is 6.42 Å². The normalized spacial score (nSPS) is 9.14. The summed E-state index contributed by atoms with van der Waals surface area (Å²) in [5.41, 5.74) is 1.07. The third-order valence-electron chi connectivity index (χ3n) is 1.59. The molecule has 0 fully saturated rings. The zero-order chi connectivity index (χ0) is 10.2. The van der Waals surface area contributed by atoms with Crippen molar-refractivity contribution in [2.24, 2.45) is 0 Å². The Balaban J connectivity index is 2.40. The first-order valence-electron chi connectivity index (χ1n) is 4.26. The highest BCUT2D eigenvalue weighted by Gasteiger charge is 1.99. The van der Waals surface area contributed by atoms with Gasteiger partial charge >= 0.3 is 0 Å². The standard InChI is InChI=1S/C11H10OS2/c12-8-4-5-9-14-11(13)10-6-2-1-3-7-10/h1-4,6-7H,5,9H2. The van der Waals surface area contributed by atoms with E-state index in [-0.39, 0.29) is 0 Å². The second kappa shape index (κ2) is 6.55. The van der Waals surface area contributed by atoms with Crippen LogP contribution in [0.25, 0.3) is 0 Å². The average molecular weight is 222 g/mol. The van der Waals surface area contributed by atoms with Gasteiger partial charge in [0.05, 0.1) is 4.20 Å². The molecule has 1 aromatic carbocycles. The fourth-order valence-electron chi connectivity index (χ4n) is 0.927. The van der Waals surface area contributed by atoms with Crippen LogP contribution in [0.3, 0.4) is 0 Å². The fourth-order valence-corrected chi connectivity index (χ4v) is 2.04. The minimum Gasteiger partial charge on any atom is -0.234 e. The highest BCUT2D eigenvalue weighted by molar-refractivity contribution is 8.23. The lowest BCUT2D eigenvalue weighted by atomic mass is 10.2. The molecule has 14 heavy (non-hydrogen) atoms. The predicted molar refractivity (Wildman–Crippen MR) is 65.5 cm³/mol. The molecule has 0 heterocycles. The molecule has 0 unspecified atom stereocenters. The maximum atomic E-state index is 9.90. The summed E-state index contributed by atoms with van der Waals surface area (Å²) in [5, 5.41) is 0. The van der Waals surface area contributed by atoms with E-state index in [1.54, 1.807) is 17.7 Å². The van der Waals surface area contributed by atoms with Crippen molar-refractivity contribution < 1.29 is 4.79 Å². The van der Waals surface area contributed by atoms with E-state index in [0.717, 1.165) is 21.9 Å². The van der Waals surface area contributed by atoms with Gasteiger partial charge in [0.1, 0.15) is 5.94 Å². The van der Waals surface area contributed by atoms with Crippen LogP contribution in [-0.4, -0.2) is 15.9 Å². The van der Waals surface area contributed by atoms with Gasteiger partial charge in [-0.25, -0.2) is 4.79 Å². The van der Waals surface area contributed by atoms with E-state index < -0.39 is 0 Å². The number of thioether (sulfide) groups is 1. The number of benzene rings is 1. The first-order chi connectivity index (χ1) is 6.84. The third-order valence-corrected chi connectivity index (χ3v) is 3.12. The third kappa shape index (κ3) is 3.88. The van der Waals surface area contributed by atoms with Crippen LogP contribution in [-0.2, 0) is 4.79 Å². The minimum atomic E-state index is 0.723. The Labute approximate surface area is 93.2 Å². The van der Waals surface area contributed by atoms with Crippen molar-refractivity contribution in [1.29, 1.82) is 0 Å². The van der Waals surface area contributed by atoms with E-state index in [1.807, 2.05) is 30.3 Å².